The van der Waals surface area contributed by atoms with Gasteiger partial charge in [0.15, 0.2) is 12.1 Å². The highest BCUT2D eigenvalue weighted by Gasteiger charge is 2.42. The molecule has 2 rings (SSSR count). The Morgan fingerprint density at radius 2 is 1.84 bits per heavy atom. The second-order valence-electron chi connectivity index (χ2n) is 6.24. The first-order valence-corrected chi connectivity index (χ1v) is 6.77. The normalized spacial score (nSPS) is 21.1. The van der Waals surface area contributed by atoms with Gasteiger partial charge in [0.05, 0.1) is 0 Å². The van der Waals surface area contributed by atoms with Gasteiger partial charge in [0, 0.05) is 12.8 Å². The van der Waals surface area contributed by atoms with Crippen LogP contribution in [0.2, 0.25) is 0 Å². The van der Waals surface area contributed by atoms with E-state index in [4.69, 9.17) is 4.74 Å². The summed E-state index contributed by atoms with van der Waals surface area (Å²) in [5.41, 5.74) is 1.16. The molecule has 1 aliphatic rings. The first-order chi connectivity index (χ1) is 8.91. The highest BCUT2D eigenvalue weighted by Crippen LogP contribution is 2.46. The van der Waals surface area contributed by atoms with Crippen molar-refractivity contribution in [1.82, 2.24) is 9.97 Å². The Kier molecular flexibility index (Phi) is 3.72. The van der Waals surface area contributed by atoms with Gasteiger partial charge < -0.3 is 4.74 Å². The minimum atomic E-state index is -0.431. The average molecular weight is 262 g/mol. The molecule has 0 N–H and O–H groups in total. The van der Waals surface area contributed by atoms with Crippen LogP contribution in [0.5, 0.6) is 0 Å². The zero-order valence-corrected chi connectivity index (χ0v) is 12.2. The lowest BCUT2D eigenvalue weighted by molar-refractivity contribution is -0.0730. The van der Waals surface area contributed by atoms with Gasteiger partial charge in [0.1, 0.15) is 11.3 Å². The minimum absolute atomic E-state index is 0.347. The van der Waals surface area contributed by atoms with Crippen molar-refractivity contribution in [2.45, 2.75) is 52.1 Å². The van der Waals surface area contributed by atoms with E-state index >= 15 is 0 Å². The molecule has 19 heavy (non-hydrogen) atoms. The van der Waals surface area contributed by atoms with Gasteiger partial charge >= 0.3 is 0 Å². The number of carbonyl (C=O) groups is 1. The van der Waals surface area contributed by atoms with Gasteiger partial charge in [-0.3, -0.25) is 4.79 Å². The van der Waals surface area contributed by atoms with E-state index in [0.29, 0.717) is 16.9 Å². The highest BCUT2D eigenvalue weighted by molar-refractivity contribution is 5.71. The summed E-state index contributed by atoms with van der Waals surface area (Å²) >= 11 is 0. The van der Waals surface area contributed by atoms with E-state index < -0.39 is 5.60 Å². The Labute approximate surface area is 114 Å². The number of ether oxygens (including phenoxy) is 1. The van der Waals surface area contributed by atoms with Crippen LogP contribution in [0, 0.1) is 12.3 Å². The number of aldehydes is 1. The Balaban J connectivity index is 2.37. The highest BCUT2D eigenvalue weighted by atomic mass is 16.5. The van der Waals surface area contributed by atoms with Gasteiger partial charge in [-0.2, -0.15) is 0 Å². The number of aryl methyl sites for hydroxylation is 1. The molecule has 0 aliphatic heterocycles. The van der Waals surface area contributed by atoms with Crippen molar-refractivity contribution in [3.05, 3.63) is 23.3 Å². The number of carbonyl (C=O) groups excluding carboxylic acids is 1. The predicted molar refractivity (Wildman–Crippen MR) is 73.1 cm³/mol. The molecule has 4 nitrogen and oxygen atoms in total. The summed E-state index contributed by atoms with van der Waals surface area (Å²) < 4.78 is 5.77. The summed E-state index contributed by atoms with van der Waals surface area (Å²) in [6.45, 7) is 6.44. The molecule has 1 aromatic heterocycles. The molecular formula is C15H22N2O2. The lowest BCUT2D eigenvalue weighted by Gasteiger charge is -2.41. The molecular weight excluding hydrogens is 240 g/mol. The third-order valence-corrected chi connectivity index (χ3v) is 4.20. The summed E-state index contributed by atoms with van der Waals surface area (Å²) in [6, 6.07) is 1.70. The van der Waals surface area contributed by atoms with Crippen molar-refractivity contribution in [3.63, 3.8) is 0 Å². The van der Waals surface area contributed by atoms with Crippen LogP contribution >= 0.6 is 0 Å². The predicted octanol–water partition coefficient (Wildman–Crippen LogP) is 3.04. The number of nitrogens with zero attached hydrogens (tertiary/aromatic N) is 2. The fraction of sp³-hybridized carbons (Fsp3) is 0.667. The number of aromatic nitrogens is 2. The maximum absolute atomic E-state index is 11.0. The fourth-order valence-electron chi connectivity index (χ4n) is 2.71. The maximum atomic E-state index is 11.0. The number of hydrogen-bond donors (Lipinski definition) is 0. The van der Waals surface area contributed by atoms with Crippen LogP contribution in [0.4, 0.5) is 0 Å². The zero-order valence-electron chi connectivity index (χ0n) is 12.2. The summed E-state index contributed by atoms with van der Waals surface area (Å²) in [5, 5.41) is 0. The van der Waals surface area contributed by atoms with Crippen LogP contribution < -0.4 is 0 Å². The van der Waals surface area contributed by atoms with Gasteiger partial charge in [-0.05, 0) is 44.1 Å². The lowest BCUT2D eigenvalue weighted by atomic mass is 9.70. The van der Waals surface area contributed by atoms with Crippen LogP contribution in [0.25, 0.3) is 0 Å². The fourth-order valence-corrected chi connectivity index (χ4v) is 2.71. The third-order valence-electron chi connectivity index (χ3n) is 4.20. The molecule has 0 bridgehead atoms. The zero-order chi connectivity index (χ0) is 14.1. The van der Waals surface area contributed by atoms with Crippen molar-refractivity contribution in [2.24, 2.45) is 5.41 Å². The first-order valence-electron chi connectivity index (χ1n) is 6.77. The Hall–Kier alpha value is -1.29. The van der Waals surface area contributed by atoms with Crippen molar-refractivity contribution in [2.75, 3.05) is 7.11 Å². The van der Waals surface area contributed by atoms with Gasteiger partial charge in [0.25, 0.3) is 0 Å². The van der Waals surface area contributed by atoms with Crippen molar-refractivity contribution in [1.29, 1.82) is 0 Å². The average Bonchev–Trinajstić information content (AvgIpc) is 2.38. The molecule has 4 heteroatoms. The second kappa shape index (κ2) is 5.00. The summed E-state index contributed by atoms with van der Waals surface area (Å²) in [7, 11) is 1.71. The van der Waals surface area contributed by atoms with E-state index in [0.717, 1.165) is 37.7 Å². The van der Waals surface area contributed by atoms with E-state index in [1.165, 1.54) is 0 Å². The summed E-state index contributed by atoms with van der Waals surface area (Å²) in [4.78, 5) is 19.8. The molecule has 0 aromatic carbocycles. The standard InChI is InChI=1S/C15H22N2O2/c1-11-9-12(10-18)17-13(16-11)15(19-4)7-5-14(2,3)6-8-15/h9-10H,5-8H2,1-4H3. The molecule has 0 amide bonds. The molecule has 0 radical (unpaired) electrons. The van der Waals surface area contributed by atoms with Crippen molar-refractivity contribution >= 4 is 6.29 Å². The Morgan fingerprint density at radius 3 is 2.37 bits per heavy atom. The smallest absolute Gasteiger partial charge is 0.168 e. The van der Waals surface area contributed by atoms with Gasteiger partial charge in [-0.1, -0.05) is 13.8 Å². The Bertz CT molecular complexity index is 473. The van der Waals surface area contributed by atoms with Crippen molar-refractivity contribution < 1.29 is 9.53 Å². The topological polar surface area (TPSA) is 52.1 Å². The lowest BCUT2D eigenvalue weighted by Crippen LogP contribution is -2.38. The molecule has 1 aliphatic carbocycles. The SMILES string of the molecule is COC1(c2nc(C)cc(C=O)n2)CCC(C)(C)CC1. The second-order valence-corrected chi connectivity index (χ2v) is 6.24. The van der Waals surface area contributed by atoms with E-state index in [2.05, 4.69) is 23.8 Å². The monoisotopic (exact) mass is 262 g/mol. The third kappa shape index (κ3) is 2.84. The van der Waals surface area contributed by atoms with Crippen LogP contribution in [0.1, 0.15) is 61.5 Å². The molecule has 1 fully saturated rings. The summed E-state index contributed by atoms with van der Waals surface area (Å²) in [5.74, 6) is 0.660. The Morgan fingerprint density at radius 1 is 1.21 bits per heavy atom. The summed E-state index contributed by atoms with van der Waals surface area (Å²) in [6.07, 6.45) is 4.73. The van der Waals surface area contributed by atoms with Crippen molar-refractivity contribution in [3.8, 4) is 0 Å². The molecule has 0 atom stereocenters. The number of hydrogen-bond acceptors (Lipinski definition) is 4. The van der Waals surface area contributed by atoms with Crippen LogP contribution in [-0.4, -0.2) is 23.4 Å². The molecule has 1 aromatic rings. The van der Waals surface area contributed by atoms with E-state index in [1.807, 2.05) is 6.92 Å². The molecule has 1 heterocycles. The van der Waals surface area contributed by atoms with Crippen LogP contribution in [0.15, 0.2) is 6.07 Å². The maximum Gasteiger partial charge on any atom is 0.168 e. The molecule has 104 valence electrons. The largest absolute Gasteiger partial charge is 0.370 e. The quantitative estimate of drug-likeness (QED) is 0.786. The molecule has 0 saturated heterocycles. The van der Waals surface area contributed by atoms with E-state index in [9.17, 15) is 4.79 Å². The number of rotatable bonds is 3. The van der Waals surface area contributed by atoms with Crippen LogP contribution in [-0.2, 0) is 10.3 Å². The molecule has 0 spiro atoms. The van der Waals surface area contributed by atoms with Crippen LogP contribution in [0.3, 0.4) is 0 Å². The van der Waals surface area contributed by atoms with Gasteiger partial charge in [-0.25, -0.2) is 9.97 Å². The molecule has 1 saturated carbocycles. The number of methoxy groups -OCH3 is 1. The van der Waals surface area contributed by atoms with Gasteiger partial charge in [0.2, 0.25) is 0 Å². The molecule has 0 unspecified atom stereocenters. The van der Waals surface area contributed by atoms with Gasteiger partial charge in [-0.15, -0.1) is 0 Å². The minimum Gasteiger partial charge on any atom is -0.370 e. The van der Waals surface area contributed by atoms with E-state index in [1.54, 1.807) is 13.2 Å². The first kappa shape index (κ1) is 14.1. The van der Waals surface area contributed by atoms with E-state index in [-0.39, 0.29) is 0 Å².